The number of aromatic hydroxyl groups is 2. The van der Waals surface area contributed by atoms with Crippen molar-refractivity contribution in [3.05, 3.63) is 245 Å². The maximum absolute atomic E-state index is 12.0. The molecule has 2 atom stereocenters. The van der Waals surface area contributed by atoms with E-state index < -0.39 is 12.1 Å². The monoisotopic (exact) mass is 1080 g/mol. The Morgan fingerprint density at radius 2 is 0.635 bits per heavy atom. The SMILES string of the molecule is Cc1c(-c2sc(C(N=Nc3cc(Cl)cc(Cl)c3)c3cc(-c4ccccc4)c(O)c(-c4ccccc4)c3)c(C)c2C)sc(C(N=Nc2cc(Cl)cc(Cl)c2)c2cc(-c3ccccc3)c(O)c(-c3ccccc3)c2)c1C. The van der Waals surface area contributed by atoms with Crippen molar-refractivity contribution in [1.29, 1.82) is 0 Å². The molecule has 0 bridgehead atoms. The van der Waals surface area contributed by atoms with E-state index in [1.807, 2.05) is 146 Å². The smallest absolute Gasteiger partial charge is 0.131 e. The fraction of sp³-hybridized carbons (Fsp3) is 0.0968. The van der Waals surface area contributed by atoms with Crippen LogP contribution in [0, 0.1) is 27.7 Å². The van der Waals surface area contributed by atoms with Gasteiger partial charge in [0.25, 0.3) is 0 Å². The zero-order valence-electron chi connectivity index (χ0n) is 40.5. The summed E-state index contributed by atoms with van der Waals surface area (Å²) in [6, 6.07) is 56.7. The molecule has 366 valence electrons. The minimum atomic E-state index is -0.618. The van der Waals surface area contributed by atoms with Crippen molar-refractivity contribution in [2.45, 2.75) is 39.8 Å². The Kier molecular flexibility index (Phi) is 15.0. The van der Waals surface area contributed by atoms with Gasteiger partial charge in [-0.25, -0.2) is 0 Å². The summed E-state index contributed by atoms with van der Waals surface area (Å²) in [6.07, 6.45) is 0. The fourth-order valence-electron chi connectivity index (χ4n) is 9.16. The van der Waals surface area contributed by atoms with Gasteiger partial charge in [0.05, 0.1) is 11.4 Å². The number of halogens is 4. The molecular weight excluding hydrogens is 1040 g/mol. The molecule has 10 rings (SSSR count). The molecule has 0 amide bonds. The molecule has 0 aliphatic carbocycles. The molecule has 0 spiro atoms. The average molecular weight is 1090 g/mol. The van der Waals surface area contributed by atoms with Crippen LogP contribution in [0.5, 0.6) is 11.5 Å². The summed E-state index contributed by atoms with van der Waals surface area (Å²) in [5, 5.41) is 45.8. The third kappa shape index (κ3) is 10.6. The summed E-state index contributed by atoms with van der Waals surface area (Å²) in [6.45, 7) is 8.58. The Bertz CT molecular complexity index is 3340. The van der Waals surface area contributed by atoms with Gasteiger partial charge in [0, 0.05) is 61.9 Å². The summed E-state index contributed by atoms with van der Waals surface area (Å²) in [5.41, 5.74) is 13.2. The maximum atomic E-state index is 12.0. The quantitative estimate of drug-likeness (QED) is 0.113. The summed E-state index contributed by atoms with van der Waals surface area (Å²) >= 11 is 29.3. The lowest BCUT2D eigenvalue weighted by Crippen LogP contribution is -2.00. The van der Waals surface area contributed by atoms with Crippen molar-refractivity contribution in [2.75, 3.05) is 0 Å². The van der Waals surface area contributed by atoms with Gasteiger partial charge in [-0.1, -0.05) is 168 Å². The van der Waals surface area contributed by atoms with E-state index in [-0.39, 0.29) is 11.5 Å². The Morgan fingerprint density at radius 3 is 0.905 bits per heavy atom. The van der Waals surface area contributed by atoms with Gasteiger partial charge >= 0.3 is 0 Å². The molecule has 2 unspecified atom stereocenters. The third-order valence-electron chi connectivity index (χ3n) is 13.2. The van der Waals surface area contributed by atoms with E-state index in [0.717, 1.165) is 75.1 Å². The van der Waals surface area contributed by atoms with E-state index in [9.17, 15) is 10.2 Å². The van der Waals surface area contributed by atoms with Crippen molar-refractivity contribution in [3.63, 3.8) is 0 Å². The molecule has 0 fully saturated rings. The molecule has 0 aliphatic rings. The van der Waals surface area contributed by atoms with Crippen molar-refractivity contribution < 1.29 is 10.2 Å². The second-order valence-electron chi connectivity index (χ2n) is 18.0. The molecule has 2 aromatic heterocycles. The minimum absolute atomic E-state index is 0.172. The highest BCUT2D eigenvalue weighted by Crippen LogP contribution is 2.52. The van der Waals surface area contributed by atoms with Gasteiger partial charge in [0.15, 0.2) is 0 Å². The zero-order chi connectivity index (χ0) is 51.6. The van der Waals surface area contributed by atoms with Crippen LogP contribution in [0.1, 0.15) is 55.2 Å². The first-order valence-electron chi connectivity index (χ1n) is 23.7. The van der Waals surface area contributed by atoms with Gasteiger partial charge in [0.2, 0.25) is 0 Å². The number of hydrogen-bond donors (Lipinski definition) is 2. The number of benzene rings is 8. The lowest BCUT2D eigenvalue weighted by molar-refractivity contribution is 0.478. The number of rotatable bonds is 13. The molecule has 2 N–H and O–H groups in total. The lowest BCUT2D eigenvalue weighted by Gasteiger charge is -2.18. The number of phenols is 2. The molecule has 0 radical (unpaired) electrons. The molecule has 6 nitrogen and oxygen atoms in total. The van der Waals surface area contributed by atoms with Crippen LogP contribution in [0.4, 0.5) is 11.4 Å². The van der Waals surface area contributed by atoms with Crippen molar-refractivity contribution in [2.24, 2.45) is 20.5 Å². The molecule has 2 heterocycles. The highest BCUT2D eigenvalue weighted by molar-refractivity contribution is 7.22. The molecule has 0 aliphatic heterocycles. The van der Waals surface area contributed by atoms with Gasteiger partial charge in [-0.3, -0.25) is 0 Å². The highest BCUT2D eigenvalue weighted by Gasteiger charge is 2.30. The second-order valence-corrected chi connectivity index (χ2v) is 21.8. The summed E-state index contributed by atoms with van der Waals surface area (Å²) < 4.78 is 0. The van der Waals surface area contributed by atoms with Crippen LogP contribution in [0.15, 0.2) is 202 Å². The molecule has 12 heteroatoms. The van der Waals surface area contributed by atoms with E-state index in [2.05, 4.69) is 27.7 Å². The van der Waals surface area contributed by atoms with Crippen LogP contribution >= 0.6 is 69.1 Å². The Labute approximate surface area is 458 Å². The Balaban J connectivity index is 1.17. The standard InChI is InChI=1S/C62H46Cl4N4O2S2/c1-35-37(3)61(73-59(35)55(69-67-49-31-45(63)29-46(64)32-49)43-25-51(39-17-9-5-10-18-39)57(71)52(26-43)40-19-11-6-12-20-40)62-38(4)36(2)60(74-62)56(70-68-50-33-47(65)30-48(66)34-50)44-27-53(41-21-13-7-14-22-41)58(72)54(28-44)42-23-15-8-16-24-42/h5-34,55-56,71-72H,1-4H3. The first-order chi connectivity index (χ1) is 35.8. The number of hydrogen-bond acceptors (Lipinski definition) is 8. The number of phenolic OH excluding ortho intramolecular Hbond substituents is 2. The van der Waals surface area contributed by atoms with Crippen LogP contribution in [-0.2, 0) is 0 Å². The van der Waals surface area contributed by atoms with Crippen LogP contribution in [-0.4, -0.2) is 10.2 Å². The second kappa shape index (κ2) is 21.9. The van der Waals surface area contributed by atoms with Gasteiger partial charge in [0.1, 0.15) is 23.6 Å². The van der Waals surface area contributed by atoms with E-state index in [1.54, 1.807) is 59.1 Å². The maximum Gasteiger partial charge on any atom is 0.131 e. The average Bonchev–Trinajstić information content (AvgIpc) is 3.86. The molecule has 0 saturated carbocycles. The largest absolute Gasteiger partial charge is 0.507 e. The highest BCUT2D eigenvalue weighted by atomic mass is 35.5. The Morgan fingerprint density at radius 1 is 0.365 bits per heavy atom. The van der Waals surface area contributed by atoms with Crippen LogP contribution in [0.2, 0.25) is 20.1 Å². The van der Waals surface area contributed by atoms with E-state index in [4.69, 9.17) is 66.9 Å². The lowest BCUT2D eigenvalue weighted by atomic mass is 9.91. The molecule has 8 aromatic carbocycles. The van der Waals surface area contributed by atoms with Crippen LogP contribution < -0.4 is 0 Å². The topological polar surface area (TPSA) is 89.9 Å². The fourth-order valence-corrected chi connectivity index (χ4v) is 13.2. The van der Waals surface area contributed by atoms with Gasteiger partial charge in [-0.05, 0) is 144 Å². The van der Waals surface area contributed by atoms with Crippen molar-refractivity contribution >= 4 is 80.5 Å². The third-order valence-corrected chi connectivity index (χ3v) is 17.1. The van der Waals surface area contributed by atoms with E-state index >= 15 is 0 Å². The predicted molar refractivity (Wildman–Crippen MR) is 310 cm³/mol. The number of nitrogens with zero attached hydrogens (tertiary/aromatic N) is 4. The van der Waals surface area contributed by atoms with Crippen LogP contribution in [0.3, 0.4) is 0 Å². The van der Waals surface area contributed by atoms with Crippen molar-refractivity contribution in [3.8, 4) is 65.8 Å². The van der Waals surface area contributed by atoms with Gasteiger partial charge in [-0.15, -0.1) is 22.7 Å². The summed E-state index contributed by atoms with van der Waals surface area (Å²) in [4.78, 5) is 4.14. The van der Waals surface area contributed by atoms with Gasteiger partial charge in [-0.2, -0.15) is 20.5 Å². The molecule has 10 aromatic rings. The first kappa shape index (κ1) is 50.6. The first-order valence-corrected chi connectivity index (χ1v) is 26.8. The van der Waals surface area contributed by atoms with E-state index in [1.165, 1.54) is 0 Å². The predicted octanol–water partition coefficient (Wildman–Crippen LogP) is 21.1. The summed E-state index contributed by atoms with van der Waals surface area (Å²) in [5.74, 6) is 0.344. The van der Waals surface area contributed by atoms with Gasteiger partial charge < -0.3 is 10.2 Å². The number of azo groups is 2. The normalized spacial score (nSPS) is 12.5. The number of thiophene rings is 2. The minimum Gasteiger partial charge on any atom is -0.507 e. The molecule has 74 heavy (non-hydrogen) atoms. The zero-order valence-corrected chi connectivity index (χ0v) is 45.1. The molecule has 0 saturated heterocycles. The van der Waals surface area contributed by atoms with Crippen molar-refractivity contribution in [1.82, 2.24) is 0 Å². The summed E-state index contributed by atoms with van der Waals surface area (Å²) in [7, 11) is 0. The Hall–Kier alpha value is -6.88. The molecular formula is C62H46Cl4N4O2S2. The van der Waals surface area contributed by atoms with E-state index in [0.29, 0.717) is 53.7 Å². The van der Waals surface area contributed by atoms with Crippen LogP contribution in [0.25, 0.3) is 54.3 Å².